The number of benzene rings is 1. The summed E-state index contributed by atoms with van der Waals surface area (Å²) in [5, 5.41) is 3.43. The fourth-order valence-corrected chi connectivity index (χ4v) is 2.55. The van der Waals surface area contributed by atoms with E-state index in [4.69, 9.17) is 11.6 Å². The molecule has 1 fully saturated rings. The van der Waals surface area contributed by atoms with Gasteiger partial charge in [-0.05, 0) is 17.7 Å². The Morgan fingerprint density at radius 3 is 2.72 bits per heavy atom. The van der Waals surface area contributed by atoms with E-state index in [0.717, 1.165) is 11.3 Å². The number of rotatable bonds is 4. The highest BCUT2D eigenvalue weighted by Crippen LogP contribution is 2.16. The number of halogens is 1. The van der Waals surface area contributed by atoms with Crippen LogP contribution in [-0.2, 0) is 11.3 Å². The smallest absolute Gasteiger partial charge is 0.282 e. The van der Waals surface area contributed by atoms with Gasteiger partial charge in [0.05, 0.1) is 0 Å². The van der Waals surface area contributed by atoms with Crippen molar-refractivity contribution < 1.29 is 9.59 Å². The van der Waals surface area contributed by atoms with Crippen LogP contribution >= 0.6 is 23.4 Å². The number of nitrogens with one attached hydrogen (secondary N) is 1. The van der Waals surface area contributed by atoms with E-state index in [0.29, 0.717) is 18.1 Å². The van der Waals surface area contributed by atoms with Gasteiger partial charge in [-0.3, -0.25) is 9.59 Å². The third-order valence-corrected chi connectivity index (χ3v) is 3.73. The van der Waals surface area contributed by atoms with E-state index in [1.807, 2.05) is 12.1 Å². The molecule has 2 rings (SSSR count). The second-order valence-electron chi connectivity index (χ2n) is 3.94. The Hall–Kier alpha value is -1.20. The average Bonchev–Trinajstić information content (AvgIpc) is 2.74. The quantitative estimate of drug-likeness (QED) is 0.921. The number of carbonyl (C=O) groups excluding carboxylic acids is 2. The van der Waals surface area contributed by atoms with Gasteiger partial charge in [-0.25, -0.2) is 0 Å². The van der Waals surface area contributed by atoms with Crippen LogP contribution in [0.15, 0.2) is 24.3 Å². The highest BCUT2D eigenvalue weighted by Gasteiger charge is 2.22. The number of hydrogen-bond acceptors (Lipinski definition) is 3. The Kier molecular flexibility index (Phi) is 4.49. The summed E-state index contributed by atoms with van der Waals surface area (Å²) in [7, 11) is 0. The van der Waals surface area contributed by atoms with Crippen molar-refractivity contribution in [1.82, 2.24) is 10.2 Å². The zero-order valence-electron chi connectivity index (χ0n) is 9.69. The Labute approximate surface area is 115 Å². The second-order valence-corrected chi connectivity index (χ2v) is 5.42. The molecule has 0 saturated carbocycles. The van der Waals surface area contributed by atoms with Crippen LogP contribution in [-0.4, -0.2) is 34.9 Å². The standard InChI is InChI=1S/C12H13ClN2O2S/c13-10-3-1-9(2-4-10)7-14-11(16)8-15-5-6-18-12(15)17/h1-4H,5-8H2,(H,14,16). The van der Waals surface area contributed by atoms with Crippen LogP contribution in [0.25, 0.3) is 0 Å². The molecule has 1 aliphatic heterocycles. The molecule has 0 radical (unpaired) electrons. The van der Waals surface area contributed by atoms with Gasteiger partial charge in [-0.1, -0.05) is 35.5 Å². The van der Waals surface area contributed by atoms with Gasteiger partial charge in [0.15, 0.2) is 0 Å². The topological polar surface area (TPSA) is 49.4 Å². The van der Waals surface area contributed by atoms with Crippen LogP contribution in [0, 0.1) is 0 Å². The molecule has 0 aromatic heterocycles. The summed E-state index contributed by atoms with van der Waals surface area (Å²) in [6.45, 7) is 1.24. The largest absolute Gasteiger partial charge is 0.350 e. The molecule has 18 heavy (non-hydrogen) atoms. The predicted octanol–water partition coefficient (Wildman–Crippen LogP) is 2.12. The molecule has 1 aromatic rings. The Bertz CT molecular complexity index is 450. The van der Waals surface area contributed by atoms with Crippen LogP contribution in [0.4, 0.5) is 4.79 Å². The molecule has 4 nitrogen and oxygen atoms in total. The lowest BCUT2D eigenvalue weighted by molar-refractivity contribution is -0.121. The first-order chi connectivity index (χ1) is 8.65. The molecule has 6 heteroatoms. The maximum Gasteiger partial charge on any atom is 0.282 e. The lowest BCUT2D eigenvalue weighted by Gasteiger charge is -2.14. The molecule has 1 N–H and O–H groups in total. The van der Waals surface area contributed by atoms with Crippen molar-refractivity contribution >= 4 is 34.5 Å². The number of amides is 2. The van der Waals surface area contributed by atoms with Crippen LogP contribution in [0.1, 0.15) is 5.56 Å². The Morgan fingerprint density at radius 1 is 1.39 bits per heavy atom. The Balaban J connectivity index is 1.78. The number of hydrogen-bond donors (Lipinski definition) is 1. The van der Waals surface area contributed by atoms with Crippen molar-refractivity contribution in [3.8, 4) is 0 Å². The molecule has 2 amide bonds. The van der Waals surface area contributed by atoms with Crippen molar-refractivity contribution in [3.63, 3.8) is 0 Å². The minimum atomic E-state index is -0.138. The van der Waals surface area contributed by atoms with Gasteiger partial charge in [0, 0.05) is 23.9 Å². The van der Waals surface area contributed by atoms with E-state index in [9.17, 15) is 9.59 Å². The number of nitrogens with zero attached hydrogens (tertiary/aromatic N) is 1. The summed E-state index contributed by atoms with van der Waals surface area (Å²) in [4.78, 5) is 24.5. The van der Waals surface area contributed by atoms with Crippen molar-refractivity contribution in [2.75, 3.05) is 18.8 Å². The first-order valence-corrected chi connectivity index (χ1v) is 6.94. The average molecular weight is 285 g/mol. The summed E-state index contributed by atoms with van der Waals surface area (Å²) >= 11 is 7.03. The normalized spacial score (nSPS) is 14.9. The van der Waals surface area contributed by atoms with E-state index in [-0.39, 0.29) is 17.7 Å². The molecule has 0 bridgehead atoms. The lowest BCUT2D eigenvalue weighted by atomic mass is 10.2. The third kappa shape index (κ3) is 3.65. The maximum absolute atomic E-state index is 11.6. The molecule has 96 valence electrons. The summed E-state index contributed by atoms with van der Waals surface area (Å²) in [5.41, 5.74) is 0.981. The van der Waals surface area contributed by atoms with Crippen LogP contribution < -0.4 is 5.32 Å². The fraction of sp³-hybridized carbons (Fsp3) is 0.333. The zero-order chi connectivity index (χ0) is 13.0. The van der Waals surface area contributed by atoms with E-state index < -0.39 is 0 Å². The van der Waals surface area contributed by atoms with Crippen molar-refractivity contribution in [2.45, 2.75) is 6.54 Å². The first-order valence-electron chi connectivity index (χ1n) is 5.58. The molecular formula is C12H13ClN2O2S. The summed E-state index contributed by atoms with van der Waals surface area (Å²) in [5.74, 6) is 0.629. The monoisotopic (exact) mass is 284 g/mol. The molecule has 0 aliphatic carbocycles. The van der Waals surface area contributed by atoms with E-state index >= 15 is 0 Å². The SMILES string of the molecule is O=C(CN1CCSC1=O)NCc1ccc(Cl)cc1. The minimum Gasteiger partial charge on any atom is -0.350 e. The molecule has 0 atom stereocenters. The van der Waals surface area contributed by atoms with Crippen LogP contribution in [0.5, 0.6) is 0 Å². The van der Waals surface area contributed by atoms with Gasteiger partial charge < -0.3 is 10.2 Å². The highest BCUT2D eigenvalue weighted by atomic mass is 35.5. The van der Waals surface area contributed by atoms with Crippen molar-refractivity contribution in [2.24, 2.45) is 0 Å². The molecule has 1 heterocycles. The summed E-state index contributed by atoms with van der Waals surface area (Å²) < 4.78 is 0. The highest BCUT2D eigenvalue weighted by molar-refractivity contribution is 8.13. The number of carbonyl (C=O) groups is 2. The Morgan fingerprint density at radius 2 is 2.11 bits per heavy atom. The van der Waals surface area contributed by atoms with Gasteiger partial charge in [0.25, 0.3) is 5.24 Å². The first kappa shape index (κ1) is 13.2. The second kappa shape index (κ2) is 6.11. The van der Waals surface area contributed by atoms with E-state index in [1.54, 1.807) is 17.0 Å². The molecule has 0 spiro atoms. The molecule has 1 aromatic carbocycles. The molecular weight excluding hydrogens is 272 g/mol. The maximum atomic E-state index is 11.6. The lowest BCUT2D eigenvalue weighted by Crippen LogP contribution is -2.36. The third-order valence-electron chi connectivity index (χ3n) is 2.58. The van der Waals surface area contributed by atoms with Crippen molar-refractivity contribution in [3.05, 3.63) is 34.9 Å². The van der Waals surface area contributed by atoms with Crippen LogP contribution in [0.3, 0.4) is 0 Å². The predicted molar refractivity (Wildman–Crippen MR) is 72.7 cm³/mol. The van der Waals surface area contributed by atoms with Gasteiger partial charge in [-0.2, -0.15) is 0 Å². The van der Waals surface area contributed by atoms with Gasteiger partial charge >= 0.3 is 0 Å². The molecule has 0 unspecified atom stereocenters. The van der Waals surface area contributed by atoms with Crippen LogP contribution in [0.2, 0.25) is 5.02 Å². The van der Waals surface area contributed by atoms with E-state index in [1.165, 1.54) is 11.8 Å². The minimum absolute atomic E-state index is 0.0170. The van der Waals surface area contributed by atoms with Gasteiger partial charge in [0.1, 0.15) is 6.54 Å². The summed E-state index contributed by atoms with van der Waals surface area (Å²) in [6, 6.07) is 7.28. The van der Waals surface area contributed by atoms with Gasteiger partial charge in [0.2, 0.25) is 5.91 Å². The zero-order valence-corrected chi connectivity index (χ0v) is 11.3. The van der Waals surface area contributed by atoms with E-state index in [2.05, 4.69) is 5.32 Å². The molecule has 1 saturated heterocycles. The number of thioether (sulfide) groups is 1. The van der Waals surface area contributed by atoms with Gasteiger partial charge in [-0.15, -0.1) is 0 Å². The molecule has 1 aliphatic rings. The fourth-order valence-electron chi connectivity index (χ4n) is 1.60. The summed E-state index contributed by atoms with van der Waals surface area (Å²) in [6.07, 6.45) is 0. The van der Waals surface area contributed by atoms with Crippen molar-refractivity contribution in [1.29, 1.82) is 0 Å².